The number of aromatic amines is 1. The minimum absolute atomic E-state index is 0.450. The van der Waals surface area contributed by atoms with E-state index in [2.05, 4.69) is 10.2 Å². The van der Waals surface area contributed by atoms with Crippen LogP contribution in [0.2, 0.25) is 0 Å². The molecule has 2 heterocycles. The van der Waals surface area contributed by atoms with E-state index in [1.54, 1.807) is 0 Å². The summed E-state index contributed by atoms with van der Waals surface area (Å²) < 4.78 is 5.75. The fourth-order valence-corrected chi connectivity index (χ4v) is 4.08. The van der Waals surface area contributed by atoms with Gasteiger partial charge in [-0.25, -0.2) is 0 Å². The van der Waals surface area contributed by atoms with Gasteiger partial charge in [-0.05, 0) is 41.7 Å². The smallest absolute Gasteiger partial charge is 0.113 e. The van der Waals surface area contributed by atoms with Crippen LogP contribution in [0.5, 0.6) is 0 Å². The van der Waals surface area contributed by atoms with E-state index in [9.17, 15) is 20.4 Å². The number of H-pyrrole nitrogens is 1. The van der Waals surface area contributed by atoms with E-state index < -0.39 is 37.1 Å². The Morgan fingerprint density at radius 1 is 0.933 bits per heavy atom. The Labute approximate surface area is 174 Å². The Morgan fingerprint density at radius 3 is 2.27 bits per heavy atom. The first-order chi connectivity index (χ1) is 14.4. The lowest BCUT2D eigenvalue weighted by Gasteiger charge is -2.40. The largest absolute Gasteiger partial charge is 0.394 e. The third-order valence-corrected chi connectivity index (χ3v) is 5.87. The van der Waals surface area contributed by atoms with E-state index in [1.165, 1.54) is 0 Å². The lowest BCUT2D eigenvalue weighted by molar-refractivity contribution is -0.231. The van der Waals surface area contributed by atoms with Crippen molar-refractivity contribution in [1.29, 1.82) is 0 Å². The molecule has 1 aliphatic rings. The summed E-state index contributed by atoms with van der Waals surface area (Å²) in [4.78, 5) is 0. The number of ether oxygens (including phenoxy) is 1. The number of nitrogens with zero attached hydrogens (tertiary/aromatic N) is 1. The molecule has 0 unspecified atom stereocenters. The molecule has 3 aromatic rings. The van der Waals surface area contributed by atoms with Crippen LogP contribution in [-0.4, -0.2) is 61.6 Å². The van der Waals surface area contributed by atoms with Gasteiger partial charge in [0.05, 0.1) is 12.3 Å². The number of rotatable bonds is 4. The summed E-state index contributed by atoms with van der Waals surface area (Å²) in [6.45, 7) is 3.48. The Morgan fingerprint density at radius 2 is 1.63 bits per heavy atom. The summed E-state index contributed by atoms with van der Waals surface area (Å²) in [6, 6.07) is 13.7. The summed E-state index contributed by atoms with van der Waals surface area (Å²) >= 11 is 0. The Hall–Kier alpha value is -2.55. The van der Waals surface area contributed by atoms with Crippen LogP contribution in [0.25, 0.3) is 22.4 Å². The van der Waals surface area contributed by atoms with Gasteiger partial charge in [-0.15, -0.1) is 0 Å². The average molecular weight is 410 g/mol. The van der Waals surface area contributed by atoms with Gasteiger partial charge >= 0.3 is 0 Å². The number of aliphatic hydroxyl groups excluding tert-OH is 4. The number of aliphatic hydroxyl groups is 4. The zero-order valence-electron chi connectivity index (χ0n) is 16.9. The predicted octanol–water partition coefficient (Wildman–Crippen LogP) is 1.88. The molecule has 1 saturated heterocycles. The van der Waals surface area contributed by atoms with Crippen molar-refractivity contribution < 1.29 is 25.2 Å². The minimum atomic E-state index is -1.40. The van der Waals surface area contributed by atoms with Crippen molar-refractivity contribution in [3.8, 4) is 22.4 Å². The molecule has 7 nitrogen and oxygen atoms in total. The molecule has 1 fully saturated rings. The summed E-state index contributed by atoms with van der Waals surface area (Å²) in [5.41, 5.74) is 6.56. The SMILES string of the molecule is Cc1c[nH]nc1-c1ccc(-c2cccc([C@H]3O[C@H](CO)[C@@H](O)[C@H](O)[C@@H]3O)c2C)cc1. The highest BCUT2D eigenvalue weighted by Crippen LogP contribution is 2.37. The number of nitrogens with one attached hydrogen (secondary N) is 1. The fraction of sp³-hybridized carbons (Fsp3) is 0.348. The first kappa shape index (κ1) is 20.7. The van der Waals surface area contributed by atoms with Crippen LogP contribution in [0.3, 0.4) is 0 Å². The maximum Gasteiger partial charge on any atom is 0.113 e. The zero-order valence-corrected chi connectivity index (χ0v) is 16.9. The second-order valence-corrected chi connectivity index (χ2v) is 7.76. The molecule has 0 amide bonds. The molecule has 4 rings (SSSR count). The van der Waals surface area contributed by atoms with Crippen molar-refractivity contribution in [2.75, 3.05) is 6.61 Å². The number of hydrogen-bond acceptors (Lipinski definition) is 6. The normalized spacial score (nSPS) is 26.7. The Balaban J connectivity index is 1.67. The molecule has 158 valence electrons. The molecular formula is C23H26N2O5. The topological polar surface area (TPSA) is 119 Å². The van der Waals surface area contributed by atoms with E-state index in [1.807, 2.05) is 62.5 Å². The highest BCUT2D eigenvalue weighted by Gasteiger charge is 2.44. The van der Waals surface area contributed by atoms with Crippen LogP contribution in [-0.2, 0) is 4.74 Å². The molecule has 0 saturated carbocycles. The van der Waals surface area contributed by atoms with Gasteiger partial charge in [0.25, 0.3) is 0 Å². The van der Waals surface area contributed by atoms with Crippen LogP contribution < -0.4 is 0 Å². The molecule has 0 aliphatic carbocycles. The molecular weight excluding hydrogens is 384 g/mol. The molecule has 5 atom stereocenters. The highest BCUT2D eigenvalue weighted by atomic mass is 16.5. The molecule has 7 heteroatoms. The molecule has 1 aromatic heterocycles. The number of aromatic nitrogens is 2. The monoisotopic (exact) mass is 410 g/mol. The second kappa shape index (κ2) is 8.29. The standard InChI is InChI=1S/C23H26N2O5/c1-12-10-24-25-19(12)15-8-6-14(7-9-15)16-4-3-5-17(13(16)2)23-22(29)21(28)20(27)18(11-26)30-23/h3-10,18,20-23,26-29H,11H2,1-2H3,(H,24,25)/t18-,20-,21+,22+,23-/m1/s1. The highest BCUT2D eigenvalue weighted by molar-refractivity contribution is 5.72. The van der Waals surface area contributed by atoms with Gasteiger partial charge in [0.2, 0.25) is 0 Å². The molecule has 5 N–H and O–H groups in total. The third-order valence-electron chi connectivity index (χ3n) is 5.87. The van der Waals surface area contributed by atoms with Crippen molar-refractivity contribution in [3.05, 3.63) is 65.4 Å². The molecule has 1 aliphatic heterocycles. The van der Waals surface area contributed by atoms with Gasteiger partial charge < -0.3 is 25.2 Å². The molecule has 0 spiro atoms. The van der Waals surface area contributed by atoms with Crippen molar-refractivity contribution in [3.63, 3.8) is 0 Å². The van der Waals surface area contributed by atoms with Crippen LogP contribution >= 0.6 is 0 Å². The Bertz CT molecular complexity index is 1010. The maximum atomic E-state index is 10.5. The maximum absolute atomic E-state index is 10.5. The summed E-state index contributed by atoms with van der Waals surface area (Å²) in [7, 11) is 0. The van der Waals surface area contributed by atoms with Crippen LogP contribution in [0.1, 0.15) is 22.8 Å². The van der Waals surface area contributed by atoms with E-state index in [0.717, 1.165) is 33.5 Å². The quantitative estimate of drug-likeness (QED) is 0.448. The average Bonchev–Trinajstić information content (AvgIpc) is 3.19. The van der Waals surface area contributed by atoms with Gasteiger partial charge in [0, 0.05) is 11.8 Å². The van der Waals surface area contributed by atoms with E-state index in [0.29, 0.717) is 5.56 Å². The molecule has 30 heavy (non-hydrogen) atoms. The van der Waals surface area contributed by atoms with Crippen molar-refractivity contribution in [2.24, 2.45) is 0 Å². The van der Waals surface area contributed by atoms with Gasteiger partial charge in [-0.1, -0.05) is 42.5 Å². The zero-order chi connectivity index (χ0) is 21.4. The van der Waals surface area contributed by atoms with Gasteiger partial charge in [0.15, 0.2) is 0 Å². The van der Waals surface area contributed by atoms with E-state index >= 15 is 0 Å². The number of hydrogen-bond donors (Lipinski definition) is 5. The van der Waals surface area contributed by atoms with Gasteiger partial charge in [-0.3, -0.25) is 5.10 Å². The van der Waals surface area contributed by atoms with Crippen molar-refractivity contribution >= 4 is 0 Å². The fourth-order valence-electron chi connectivity index (χ4n) is 4.08. The van der Waals surface area contributed by atoms with E-state index in [-0.39, 0.29) is 0 Å². The third kappa shape index (κ3) is 3.55. The summed E-state index contributed by atoms with van der Waals surface area (Å²) in [6.07, 6.45) is -4.01. The summed E-state index contributed by atoms with van der Waals surface area (Å²) in [5.74, 6) is 0. The van der Waals surface area contributed by atoms with Crippen molar-refractivity contribution in [2.45, 2.75) is 44.4 Å². The lowest BCUT2D eigenvalue weighted by atomic mass is 9.87. The predicted molar refractivity (Wildman–Crippen MR) is 112 cm³/mol. The second-order valence-electron chi connectivity index (χ2n) is 7.76. The van der Waals surface area contributed by atoms with Crippen LogP contribution in [0.15, 0.2) is 48.7 Å². The van der Waals surface area contributed by atoms with Gasteiger partial charge in [-0.2, -0.15) is 5.10 Å². The number of aryl methyl sites for hydroxylation is 1. The molecule has 0 bridgehead atoms. The molecule has 2 aromatic carbocycles. The van der Waals surface area contributed by atoms with Crippen LogP contribution in [0.4, 0.5) is 0 Å². The van der Waals surface area contributed by atoms with Gasteiger partial charge in [0.1, 0.15) is 30.5 Å². The molecule has 0 radical (unpaired) electrons. The lowest BCUT2D eigenvalue weighted by Crippen LogP contribution is -2.55. The first-order valence-electron chi connectivity index (χ1n) is 9.93. The number of benzene rings is 2. The minimum Gasteiger partial charge on any atom is -0.394 e. The first-order valence-corrected chi connectivity index (χ1v) is 9.93. The van der Waals surface area contributed by atoms with E-state index in [4.69, 9.17) is 4.74 Å². The van der Waals surface area contributed by atoms with Crippen molar-refractivity contribution in [1.82, 2.24) is 10.2 Å². The summed E-state index contributed by atoms with van der Waals surface area (Å²) in [5, 5.41) is 47.3. The van der Waals surface area contributed by atoms with Crippen LogP contribution in [0, 0.1) is 13.8 Å². The Kier molecular flexibility index (Phi) is 5.73.